The van der Waals surface area contributed by atoms with Gasteiger partial charge in [0.25, 0.3) is 0 Å². The van der Waals surface area contributed by atoms with Crippen molar-refractivity contribution in [3.63, 3.8) is 0 Å². The molecule has 1 aliphatic carbocycles. The number of allylic oxidation sites excluding steroid dienone is 2. The summed E-state index contributed by atoms with van der Waals surface area (Å²) in [5, 5.41) is 19.3. The Labute approximate surface area is 93.4 Å². The topological polar surface area (TPSA) is 44.0 Å². The molecule has 0 amide bonds. The minimum atomic E-state index is 0.179. The summed E-state index contributed by atoms with van der Waals surface area (Å²) >= 11 is 5.89. The van der Waals surface area contributed by atoms with Crippen molar-refractivity contribution < 1.29 is 5.11 Å². The van der Waals surface area contributed by atoms with E-state index in [1.165, 1.54) is 0 Å². The molecule has 1 N–H and O–H groups in total. The first-order valence-electron chi connectivity index (χ1n) is 4.83. The summed E-state index contributed by atoms with van der Waals surface area (Å²) < 4.78 is 0. The lowest BCUT2D eigenvalue weighted by molar-refractivity contribution is 0.389. The Hall–Kier alpha value is -1.46. The largest absolute Gasteiger partial charge is 0.511 e. The quantitative estimate of drug-likeness (QED) is 0.726. The van der Waals surface area contributed by atoms with E-state index >= 15 is 0 Å². The number of benzene rings is 1. The molecule has 0 radical (unpaired) electrons. The van der Waals surface area contributed by atoms with Gasteiger partial charge < -0.3 is 5.11 Å². The van der Waals surface area contributed by atoms with Gasteiger partial charge in [-0.1, -0.05) is 17.7 Å². The third kappa shape index (κ3) is 1.84. The van der Waals surface area contributed by atoms with Crippen molar-refractivity contribution in [2.24, 2.45) is 0 Å². The summed E-state index contributed by atoms with van der Waals surface area (Å²) in [7, 11) is 0. The van der Waals surface area contributed by atoms with Gasteiger partial charge in [0.15, 0.2) is 0 Å². The smallest absolute Gasteiger partial charge is 0.111 e. The van der Waals surface area contributed by atoms with Crippen LogP contribution in [0.25, 0.3) is 5.57 Å². The van der Waals surface area contributed by atoms with Crippen molar-refractivity contribution >= 4 is 17.2 Å². The predicted octanol–water partition coefficient (Wildman–Crippen LogP) is 3.47. The number of fused-ring (bicyclic) bond motifs is 1. The van der Waals surface area contributed by atoms with Crippen molar-refractivity contribution in [1.82, 2.24) is 0 Å². The fourth-order valence-electron chi connectivity index (χ4n) is 1.85. The zero-order valence-electron chi connectivity index (χ0n) is 8.13. The number of aliphatic hydroxyl groups is 1. The van der Waals surface area contributed by atoms with Crippen LogP contribution in [0, 0.1) is 11.3 Å². The van der Waals surface area contributed by atoms with Crippen molar-refractivity contribution in [3.05, 3.63) is 40.1 Å². The van der Waals surface area contributed by atoms with Gasteiger partial charge in [-0.3, -0.25) is 0 Å². The SMILES string of the molecule is N#CC1=C(O)CCCc2ccc(Cl)cc21. The molecule has 0 unspecified atom stereocenters. The normalized spacial score (nSPS) is 15.5. The lowest BCUT2D eigenvalue weighted by Crippen LogP contribution is -1.91. The Kier molecular flexibility index (Phi) is 2.66. The first-order valence-corrected chi connectivity index (χ1v) is 5.21. The second-order valence-electron chi connectivity index (χ2n) is 3.59. The van der Waals surface area contributed by atoms with E-state index in [1.54, 1.807) is 6.07 Å². The van der Waals surface area contributed by atoms with E-state index in [-0.39, 0.29) is 5.76 Å². The summed E-state index contributed by atoms with van der Waals surface area (Å²) in [6.45, 7) is 0. The van der Waals surface area contributed by atoms with Crippen LogP contribution >= 0.6 is 11.6 Å². The molecule has 76 valence electrons. The lowest BCUT2D eigenvalue weighted by atomic mass is 10.00. The monoisotopic (exact) mass is 219 g/mol. The molecule has 0 heterocycles. The average molecular weight is 220 g/mol. The van der Waals surface area contributed by atoms with Gasteiger partial charge in [0.05, 0.1) is 5.57 Å². The van der Waals surface area contributed by atoms with Crippen LogP contribution in [0.3, 0.4) is 0 Å². The third-order valence-corrected chi connectivity index (χ3v) is 2.84. The Morgan fingerprint density at radius 1 is 1.33 bits per heavy atom. The second-order valence-corrected chi connectivity index (χ2v) is 4.02. The first kappa shape index (κ1) is 10.1. The molecule has 2 rings (SSSR count). The summed E-state index contributed by atoms with van der Waals surface area (Å²) in [5.74, 6) is 0.179. The lowest BCUT2D eigenvalue weighted by Gasteiger charge is -2.05. The minimum Gasteiger partial charge on any atom is -0.511 e. The second kappa shape index (κ2) is 3.96. The summed E-state index contributed by atoms with van der Waals surface area (Å²) in [5.41, 5.74) is 2.23. The van der Waals surface area contributed by atoms with Crippen LogP contribution in [0.4, 0.5) is 0 Å². The van der Waals surface area contributed by atoms with Gasteiger partial charge in [-0.25, -0.2) is 0 Å². The third-order valence-electron chi connectivity index (χ3n) is 2.60. The average Bonchev–Trinajstić information content (AvgIpc) is 2.36. The van der Waals surface area contributed by atoms with Gasteiger partial charge in [-0.05, 0) is 30.5 Å². The first-order chi connectivity index (χ1) is 7.22. The van der Waals surface area contributed by atoms with Gasteiger partial charge in [-0.2, -0.15) is 5.26 Å². The Morgan fingerprint density at radius 3 is 2.87 bits per heavy atom. The maximum Gasteiger partial charge on any atom is 0.111 e. The number of nitriles is 1. The van der Waals surface area contributed by atoms with Crippen LogP contribution in [-0.2, 0) is 6.42 Å². The van der Waals surface area contributed by atoms with Crippen LogP contribution in [0.2, 0.25) is 5.02 Å². The maximum absolute atomic E-state index is 9.70. The van der Waals surface area contributed by atoms with E-state index in [2.05, 4.69) is 0 Å². The van der Waals surface area contributed by atoms with Crippen molar-refractivity contribution in [1.29, 1.82) is 5.26 Å². The molecule has 1 aromatic carbocycles. The van der Waals surface area contributed by atoms with Crippen LogP contribution in [0.15, 0.2) is 24.0 Å². The van der Waals surface area contributed by atoms with Crippen LogP contribution < -0.4 is 0 Å². The molecule has 15 heavy (non-hydrogen) atoms. The molecule has 1 aliphatic rings. The van der Waals surface area contributed by atoms with Crippen LogP contribution in [0.5, 0.6) is 0 Å². The number of nitrogens with zero attached hydrogens (tertiary/aromatic N) is 1. The molecular formula is C12H10ClNO. The summed E-state index contributed by atoms with van der Waals surface area (Å²) in [6, 6.07) is 7.54. The number of rotatable bonds is 0. The molecule has 0 bridgehead atoms. The van der Waals surface area contributed by atoms with E-state index < -0.39 is 0 Å². The van der Waals surface area contributed by atoms with Crippen molar-refractivity contribution in [2.75, 3.05) is 0 Å². The number of aryl methyl sites for hydroxylation is 1. The van der Waals surface area contributed by atoms with Gasteiger partial charge in [0.1, 0.15) is 11.8 Å². The molecule has 0 aromatic heterocycles. The van der Waals surface area contributed by atoms with E-state index in [0.717, 1.165) is 24.0 Å². The Morgan fingerprint density at radius 2 is 2.13 bits per heavy atom. The molecule has 0 saturated carbocycles. The van der Waals surface area contributed by atoms with Gasteiger partial charge >= 0.3 is 0 Å². The van der Waals surface area contributed by atoms with Crippen molar-refractivity contribution in [3.8, 4) is 6.07 Å². The zero-order valence-corrected chi connectivity index (χ0v) is 8.88. The molecule has 0 fully saturated rings. The number of aliphatic hydroxyl groups excluding tert-OH is 1. The molecule has 0 atom stereocenters. The highest BCUT2D eigenvalue weighted by Gasteiger charge is 2.16. The predicted molar refractivity (Wildman–Crippen MR) is 59.6 cm³/mol. The maximum atomic E-state index is 9.70. The molecule has 2 nitrogen and oxygen atoms in total. The van der Waals surface area contributed by atoms with Crippen LogP contribution in [-0.4, -0.2) is 5.11 Å². The molecule has 0 aliphatic heterocycles. The zero-order chi connectivity index (χ0) is 10.8. The fraction of sp³-hybridized carbons (Fsp3) is 0.250. The highest BCUT2D eigenvalue weighted by atomic mass is 35.5. The van der Waals surface area contributed by atoms with Gasteiger partial charge in [-0.15, -0.1) is 0 Å². The van der Waals surface area contributed by atoms with Gasteiger partial charge in [0, 0.05) is 17.0 Å². The Balaban J connectivity index is 2.65. The molecule has 3 heteroatoms. The highest BCUT2D eigenvalue weighted by Crippen LogP contribution is 2.30. The van der Waals surface area contributed by atoms with Crippen molar-refractivity contribution in [2.45, 2.75) is 19.3 Å². The Bertz CT molecular complexity index is 471. The minimum absolute atomic E-state index is 0.179. The van der Waals surface area contributed by atoms with Crippen LogP contribution in [0.1, 0.15) is 24.0 Å². The highest BCUT2D eigenvalue weighted by molar-refractivity contribution is 6.30. The van der Waals surface area contributed by atoms with E-state index in [9.17, 15) is 5.11 Å². The van der Waals surface area contributed by atoms with E-state index in [1.807, 2.05) is 18.2 Å². The number of hydrogen-bond donors (Lipinski definition) is 1. The standard InChI is InChI=1S/C12H10ClNO/c13-9-5-4-8-2-1-3-12(15)11(7-14)10(8)6-9/h4-6,15H,1-3H2. The number of hydrogen-bond acceptors (Lipinski definition) is 2. The molecule has 0 saturated heterocycles. The van der Waals surface area contributed by atoms with Gasteiger partial charge in [0.2, 0.25) is 0 Å². The molecular weight excluding hydrogens is 210 g/mol. The van der Waals surface area contributed by atoms with E-state index in [4.69, 9.17) is 16.9 Å². The molecule has 0 spiro atoms. The number of halogens is 1. The summed E-state index contributed by atoms with van der Waals surface area (Å²) in [6.07, 6.45) is 2.31. The fourth-order valence-corrected chi connectivity index (χ4v) is 2.02. The molecule has 1 aromatic rings. The van der Waals surface area contributed by atoms with E-state index in [0.29, 0.717) is 17.0 Å². The summed E-state index contributed by atoms with van der Waals surface area (Å²) in [4.78, 5) is 0.